The van der Waals surface area contributed by atoms with Crippen LogP contribution in [0.3, 0.4) is 0 Å². The van der Waals surface area contributed by atoms with Gasteiger partial charge in [0.1, 0.15) is 5.75 Å². The number of thioether (sulfide) groups is 1. The first-order chi connectivity index (χ1) is 17.7. The Balaban J connectivity index is 1.57. The summed E-state index contributed by atoms with van der Waals surface area (Å²) >= 11 is 13.9. The Morgan fingerprint density at radius 1 is 1.05 bits per heavy atom. The Morgan fingerprint density at radius 2 is 1.81 bits per heavy atom. The standard InChI is InChI=1S/C25H19Cl2F3N4O2S/c1-36-19-4-2-3-15(11-19)14-37-24-33-32-22(34(24)21-10-9-18(26)12-20(21)27)13-31-23(35)16-5-7-17(8-6-16)25(28,29)30/h2-12H,13-14H2,1H3,(H,31,35). The fourth-order valence-electron chi connectivity index (χ4n) is 3.39. The summed E-state index contributed by atoms with van der Waals surface area (Å²) in [6.45, 7) is -0.0501. The van der Waals surface area contributed by atoms with Crippen molar-refractivity contribution in [3.8, 4) is 11.4 Å². The lowest BCUT2D eigenvalue weighted by Gasteiger charge is -2.13. The quantitative estimate of drug-likeness (QED) is 0.237. The number of methoxy groups -OCH3 is 1. The minimum Gasteiger partial charge on any atom is -0.497 e. The van der Waals surface area contributed by atoms with Gasteiger partial charge in [0.05, 0.1) is 29.9 Å². The van der Waals surface area contributed by atoms with Crippen molar-refractivity contribution in [2.45, 2.75) is 23.6 Å². The zero-order chi connectivity index (χ0) is 26.6. The van der Waals surface area contributed by atoms with Crippen LogP contribution in [-0.2, 0) is 18.5 Å². The summed E-state index contributed by atoms with van der Waals surface area (Å²) in [6, 6.07) is 16.5. The van der Waals surface area contributed by atoms with Crippen molar-refractivity contribution in [2.24, 2.45) is 0 Å². The van der Waals surface area contributed by atoms with Crippen molar-refractivity contribution >= 4 is 40.9 Å². The highest BCUT2D eigenvalue weighted by Gasteiger charge is 2.30. The highest BCUT2D eigenvalue weighted by molar-refractivity contribution is 7.98. The van der Waals surface area contributed by atoms with Gasteiger partial charge in [0.2, 0.25) is 0 Å². The lowest BCUT2D eigenvalue weighted by molar-refractivity contribution is -0.137. The summed E-state index contributed by atoms with van der Waals surface area (Å²) in [5.41, 5.74) is 0.802. The molecule has 3 aromatic carbocycles. The predicted octanol–water partition coefficient (Wildman–Crippen LogP) is 6.82. The molecule has 37 heavy (non-hydrogen) atoms. The minimum absolute atomic E-state index is 0.0501. The number of rotatable bonds is 8. The van der Waals surface area contributed by atoms with Crippen LogP contribution in [0.4, 0.5) is 13.2 Å². The minimum atomic E-state index is -4.48. The maximum Gasteiger partial charge on any atom is 0.416 e. The number of halogens is 5. The number of nitrogens with zero attached hydrogens (tertiary/aromatic N) is 3. The van der Waals surface area contributed by atoms with Crippen molar-refractivity contribution in [1.29, 1.82) is 0 Å². The molecule has 4 aromatic rings. The number of alkyl halides is 3. The zero-order valence-electron chi connectivity index (χ0n) is 19.2. The number of amides is 1. The van der Waals surface area contributed by atoms with Gasteiger partial charge in [-0.05, 0) is 60.2 Å². The second-order valence-corrected chi connectivity index (χ2v) is 9.51. The lowest BCUT2D eigenvalue weighted by atomic mass is 10.1. The second-order valence-electron chi connectivity index (χ2n) is 7.73. The van der Waals surface area contributed by atoms with Gasteiger partial charge in [0.15, 0.2) is 11.0 Å². The van der Waals surface area contributed by atoms with E-state index >= 15 is 0 Å². The van der Waals surface area contributed by atoms with E-state index in [4.69, 9.17) is 27.9 Å². The van der Waals surface area contributed by atoms with Crippen molar-refractivity contribution in [3.63, 3.8) is 0 Å². The fraction of sp³-hybridized carbons (Fsp3) is 0.160. The molecule has 0 fully saturated rings. The van der Waals surface area contributed by atoms with E-state index in [0.717, 1.165) is 35.6 Å². The van der Waals surface area contributed by atoms with Crippen LogP contribution < -0.4 is 10.1 Å². The maximum absolute atomic E-state index is 12.8. The third kappa shape index (κ3) is 6.57. The van der Waals surface area contributed by atoms with E-state index in [1.54, 1.807) is 29.9 Å². The van der Waals surface area contributed by atoms with E-state index in [0.29, 0.717) is 32.5 Å². The molecule has 0 radical (unpaired) electrons. The topological polar surface area (TPSA) is 69.0 Å². The maximum atomic E-state index is 12.8. The molecule has 0 aliphatic heterocycles. The van der Waals surface area contributed by atoms with Crippen LogP contribution in [0.2, 0.25) is 10.0 Å². The number of benzene rings is 3. The summed E-state index contributed by atoms with van der Waals surface area (Å²) < 4.78 is 45.4. The molecule has 0 bridgehead atoms. The summed E-state index contributed by atoms with van der Waals surface area (Å²) in [5, 5.41) is 12.5. The normalized spacial score (nSPS) is 11.4. The number of ether oxygens (including phenoxy) is 1. The van der Waals surface area contributed by atoms with Gasteiger partial charge >= 0.3 is 6.18 Å². The van der Waals surface area contributed by atoms with Gasteiger partial charge in [-0.25, -0.2) is 0 Å². The first-order valence-electron chi connectivity index (χ1n) is 10.8. The van der Waals surface area contributed by atoms with Crippen LogP contribution in [0.25, 0.3) is 5.69 Å². The Morgan fingerprint density at radius 3 is 2.49 bits per heavy atom. The highest BCUT2D eigenvalue weighted by Crippen LogP contribution is 2.32. The molecule has 0 aliphatic carbocycles. The van der Waals surface area contributed by atoms with Crippen molar-refractivity contribution in [1.82, 2.24) is 20.1 Å². The molecule has 1 amide bonds. The second kappa shape index (κ2) is 11.5. The summed E-state index contributed by atoms with van der Waals surface area (Å²) in [6.07, 6.45) is -4.48. The zero-order valence-corrected chi connectivity index (χ0v) is 21.5. The number of aromatic nitrogens is 3. The van der Waals surface area contributed by atoms with Gasteiger partial charge in [0, 0.05) is 16.3 Å². The van der Waals surface area contributed by atoms with Crippen LogP contribution in [0.5, 0.6) is 5.75 Å². The fourth-order valence-corrected chi connectivity index (χ4v) is 4.79. The van der Waals surface area contributed by atoms with E-state index in [1.165, 1.54) is 11.8 Å². The van der Waals surface area contributed by atoms with E-state index in [-0.39, 0.29) is 12.1 Å². The number of hydrogen-bond acceptors (Lipinski definition) is 5. The van der Waals surface area contributed by atoms with Crippen LogP contribution >= 0.6 is 35.0 Å². The van der Waals surface area contributed by atoms with Gasteiger partial charge < -0.3 is 10.1 Å². The average molecular weight is 567 g/mol. The van der Waals surface area contributed by atoms with E-state index in [9.17, 15) is 18.0 Å². The highest BCUT2D eigenvalue weighted by atomic mass is 35.5. The van der Waals surface area contributed by atoms with E-state index < -0.39 is 17.6 Å². The van der Waals surface area contributed by atoms with Crippen molar-refractivity contribution < 1.29 is 22.7 Å². The predicted molar refractivity (Wildman–Crippen MR) is 137 cm³/mol. The molecule has 4 rings (SSSR count). The molecule has 0 aliphatic rings. The molecule has 0 atom stereocenters. The summed E-state index contributed by atoms with van der Waals surface area (Å²) in [7, 11) is 1.59. The molecule has 0 saturated heterocycles. The molecular formula is C25H19Cl2F3N4O2S. The molecule has 0 saturated carbocycles. The summed E-state index contributed by atoms with van der Waals surface area (Å²) in [5.74, 6) is 1.10. The van der Waals surface area contributed by atoms with Crippen LogP contribution in [0, 0.1) is 0 Å². The van der Waals surface area contributed by atoms with E-state index in [1.807, 2.05) is 24.3 Å². The van der Waals surface area contributed by atoms with Crippen molar-refractivity contribution in [2.75, 3.05) is 7.11 Å². The van der Waals surface area contributed by atoms with E-state index in [2.05, 4.69) is 15.5 Å². The van der Waals surface area contributed by atoms with Gasteiger partial charge in [-0.2, -0.15) is 13.2 Å². The van der Waals surface area contributed by atoms with Gasteiger partial charge in [-0.1, -0.05) is 47.1 Å². The summed E-state index contributed by atoms with van der Waals surface area (Å²) in [4.78, 5) is 12.6. The van der Waals surface area contributed by atoms with Crippen LogP contribution in [0.15, 0.2) is 71.9 Å². The molecule has 0 spiro atoms. The molecule has 12 heteroatoms. The Labute approximate surface area is 224 Å². The Kier molecular flexibility index (Phi) is 8.31. The first-order valence-corrected chi connectivity index (χ1v) is 12.5. The van der Waals surface area contributed by atoms with Gasteiger partial charge in [-0.15, -0.1) is 10.2 Å². The largest absolute Gasteiger partial charge is 0.497 e. The first kappa shape index (κ1) is 26.8. The number of nitrogens with one attached hydrogen (secondary N) is 1. The monoisotopic (exact) mass is 566 g/mol. The van der Waals surface area contributed by atoms with Crippen LogP contribution in [0.1, 0.15) is 27.3 Å². The van der Waals surface area contributed by atoms with Crippen molar-refractivity contribution in [3.05, 3.63) is 99.3 Å². The third-order valence-electron chi connectivity index (χ3n) is 5.23. The number of hydrogen-bond donors (Lipinski definition) is 1. The molecule has 1 N–H and O–H groups in total. The molecule has 0 unspecified atom stereocenters. The lowest BCUT2D eigenvalue weighted by Crippen LogP contribution is -2.24. The average Bonchev–Trinajstić information content (AvgIpc) is 3.28. The smallest absolute Gasteiger partial charge is 0.416 e. The molecule has 1 aromatic heterocycles. The molecule has 192 valence electrons. The molecule has 6 nitrogen and oxygen atoms in total. The van der Waals surface area contributed by atoms with Crippen LogP contribution in [-0.4, -0.2) is 27.8 Å². The number of carbonyl (C=O) groups is 1. The molecular weight excluding hydrogens is 548 g/mol. The Hall–Kier alpha value is -3.21. The number of carbonyl (C=O) groups excluding carboxylic acids is 1. The Bertz CT molecular complexity index is 1410. The van der Waals surface area contributed by atoms with Gasteiger partial charge in [0.25, 0.3) is 5.91 Å². The third-order valence-corrected chi connectivity index (χ3v) is 6.77. The SMILES string of the molecule is COc1cccc(CSc2nnc(CNC(=O)c3ccc(C(F)(F)F)cc3)n2-c2ccc(Cl)cc2Cl)c1. The van der Waals surface area contributed by atoms with Gasteiger partial charge in [-0.3, -0.25) is 9.36 Å². The molecule has 1 heterocycles.